The molecular formula is C23H16Cl2N2O3. The summed E-state index contributed by atoms with van der Waals surface area (Å²) in [5.41, 5.74) is 1.95. The molecule has 150 valence electrons. The van der Waals surface area contributed by atoms with E-state index < -0.39 is 24.0 Å². The number of hydrogen-bond donors (Lipinski definition) is 0. The highest BCUT2D eigenvalue weighted by molar-refractivity contribution is 6.32. The van der Waals surface area contributed by atoms with Gasteiger partial charge in [-0.15, -0.1) is 0 Å². The van der Waals surface area contributed by atoms with Crippen LogP contribution in [0.2, 0.25) is 10.0 Å². The maximum absolute atomic E-state index is 13.5. The van der Waals surface area contributed by atoms with E-state index in [1.807, 2.05) is 48.5 Å². The Morgan fingerprint density at radius 3 is 2.10 bits per heavy atom. The lowest BCUT2D eigenvalue weighted by molar-refractivity contribution is -0.126. The summed E-state index contributed by atoms with van der Waals surface area (Å²) >= 11 is 12.5. The highest BCUT2D eigenvalue weighted by Crippen LogP contribution is 2.48. The van der Waals surface area contributed by atoms with E-state index in [0.29, 0.717) is 15.7 Å². The van der Waals surface area contributed by atoms with Crippen LogP contribution in [0.15, 0.2) is 78.9 Å². The third-order valence-electron chi connectivity index (χ3n) is 5.43. The average molecular weight is 439 g/mol. The van der Waals surface area contributed by atoms with Crippen LogP contribution < -0.4 is 9.96 Å². The second kappa shape index (κ2) is 7.43. The van der Waals surface area contributed by atoms with Crippen molar-refractivity contribution in [2.24, 2.45) is 5.92 Å². The lowest BCUT2D eigenvalue weighted by Crippen LogP contribution is -2.37. The minimum Gasteiger partial charge on any atom is -0.273 e. The van der Waals surface area contributed by atoms with E-state index in [4.69, 9.17) is 28.0 Å². The molecule has 3 atom stereocenters. The van der Waals surface area contributed by atoms with Gasteiger partial charge in [0.15, 0.2) is 6.10 Å². The van der Waals surface area contributed by atoms with Gasteiger partial charge in [0.25, 0.3) is 5.91 Å². The van der Waals surface area contributed by atoms with Gasteiger partial charge in [0.2, 0.25) is 5.91 Å². The first-order chi connectivity index (χ1) is 14.6. The van der Waals surface area contributed by atoms with Gasteiger partial charge in [-0.2, -0.15) is 0 Å². The Hall–Kier alpha value is -2.86. The molecule has 2 saturated heterocycles. The Kier molecular flexibility index (Phi) is 4.74. The smallest absolute Gasteiger partial charge is 0.266 e. The molecule has 3 aromatic rings. The number of rotatable bonds is 3. The van der Waals surface area contributed by atoms with Gasteiger partial charge in [0.1, 0.15) is 5.92 Å². The van der Waals surface area contributed by atoms with E-state index in [1.165, 1.54) is 4.90 Å². The van der Waals surface area contributed by atoms with Crippen LogP contribution in [0.25, 0.3) is 0 Å². The summed E-state index contributed by atoms with van der Waals surface area (Å²) < 4.78 is 0. The molecule has 30 heavy (non-hydrogen) atoms. The number of amides is 2. The Morgan fingerprint density at radius 1 is 0.733 bits per heavy atom. The molecular weight excluding hydrogens is 423 g/mol. The number of benzene rings is 3. The van der Waals surface area contributed by atoms with Crippen LogP contribution in [-0.2, 0) is 14.4 Å². The minimum atomic E-state index is -0.936. The molecule has 3 aromatic carbocycles. The third-order valence-corrected chi connectivity index (χ3v) is 6.03. The molecule has 5 rings (SSSR count). The average Bonchev–Trinajstić information content (AvgIpc) is 3.26. The molecule has 0 aromatic heterocycles. The number of imide groups is 1. The van der Waals surface area contributed by atoms with E-state index in [1.54, 1.807) is 35.4 Å². The SMILES string of the molecule is O=C1[C@H]2[C@H](ON(c3ccccc3)[C@H]2c2ccccc2Cl)C(=O)N1c1ccc(Cl)cc1. The van der Waals surface area contributed by atoms with E-state index in [-0.39, 0.29) is 5.91 Å². The summed E-state index contributed by atoms with van der Waals surface area (Å²) in [6.45, 7) is 0. The van der Waals surface area contributed by atoms with Crippen molar-refractivity contribution in [3.8, 4) is 0 Å². The molecule has 0 spiro atoms. The van der Waals surface area contributed by atoms with Gasteiger partial charge >= 0.3 is 0 Å². The van der Waals surface area contributed by atoms with E-state index >= 15 is 0 Å². The van der Waals surface area contributed by atoms with Crippen LogP contribution in [0.4, 0.5) is 11.4 Å². The van der Waals surface area contributed by atoms with Crippen LogP contribution in [0.3, 0.4) is 0 Å². The molecule has 2 amide bonds. The number of hydrogen-bond acceptors (Lipinski definition) is 4. The number of para-hydroxylation sites is 1. The number of hydroxylamine groups is 1. The fourth-order valence-corrected chi connectivity index (χ4v) is 4.46. The first-order valence-corrected chi connectivity index (χ1v) is 10.2. The summed E-state index contributed by atoms with van der Waals surface area (Å²) in [6.07, 6.45) is -0.936. The van der Waals surface area contributed by atoms with Gasteiger partial charge in [0, 0.05) is 10.0 Å². The second-order valence-corrected chi connectivity index (χ2v) is 8.01. The van der Waals surface area contributed by atoms with Crippen LogP contribution in [0, 0.1) is 5.92 Å². The van der Waals surface area contributed by atoms with Crippen molar-refractivity contribution < 1.29 is 14.4 Å². The molecule has 0 unspecified atom stereocenters. The molecule has 0 saturated carbocycles. The predicted octanol–water partition coefficient (Wildman–Crippen LogP) is 5.04. The molecule has 0 bridgehead atoms. The van der Waals surface area contributed by atoms with Crippen molar-refractivity contribution in [2.45, 2.75) is 12.1 Å². The van der Waals surface area contributed by atoms with Crippen molar-refractivity contribution in [1.82, 2.24) is 0 Å². The number of carbonyl (C=O) groups excluding carboxylic acids is 2. The van der Waals surface area contributed by atoms with Gasteiger partial charge in [-0.3, -0.25) is 14.4 Å². The topological polar surface area (TPSA) is 49.9 Å². The van der Waals surface area contributed by atoms with Crippen molar-refractivity contribution >= 4 is 46.4 Å². The Morgan fingerprint density at radius 2 is 1.40 bits per heavy atom. The fraction of sp³-hybridized carbons (Fsp3) is 0.130. The van der Waals surface area contributed by atoms with Crippen molar-refractivity contribution in [2.75, 3.05) is 9.96 Å². The predicted molar refractivity (Wildman–Crippen MR) is 115 cm³/mol. The summed E-state index contributed by atoms with van der Waals surface area (Å²) in [7, 11) is 0. The quantitative estimate of drug-likeness (QED) is 0.537. The molecule has 2 aliphatic rings. The van der Waals surface area contributed by atoms with Crippen molar-refractivity contribution in [3.63, 3.8) is 0 Å². The first-order valence-electron chi connectivity index (χ1n) is 9.45. The molecule has 0 N–H and O–H groups in total. The van der Waals surface area contributed by atoms with Gasteiger partial charge in [0.05, 0.1) is 17.4 Å². The molecule has 0 aliphatic carbocycles. The molecule has 7 heteroatoms. The summed E-state index contributed by atoms with van der Waals surface area (Å²) in [6, 6.07) is 22.8. The second-order valence-electron chi connectivity index (χ2n) is 7.17. The number of carbonyl (C=O) groups is 2. The lowest BCUT2D eigenvalue weighted by Gasteiger charge is -2.29. The maximum atomic E-state index is 13.5. The van der Waals surface area contributed by atoms with Crippen LogP contribution >= 0.6 is 23.2 Å². The maximum Gasteiger partial charge on any atom is 0.266 e. The summed E-state index contributed by atoms with van der Waals surface area (Å²) in [4.78, 5) is 34.0. The molecule has 2 aliphatic heterocycles. The molecule has 2 heterocycles. The van der Waals surface area contributed by atoms with Gasteiger partial charge in [-0.25, -0.2) is 9.96 Å². The zero-order valence-electron chi connectivity index (χ0n) is 15.6. The van der Waals surface area contributed by atoms with E-state index in [2.05, 4.69) is 0 Å². The Bertz CT molecular complexity index is 1120. The largest absolute Gasteiger partial charge is 0.273 e. The van der Waals surface area contributed by atoms with Gasteiger partial charge in [-0.1, -0.05) is 59.6 Å². The zero-order chi connectivity index (χ0) is 20.8. The monoisotopic (exact) mass is 438 g/mol. The number of fused-ring (bicyclic) bond motifs is 1. The zero-order valence-corrected chi connectivity index (χ0v) is 17.1. The van der Waals surface area contributed by atoms with E-state index in [0.717, 1.165) is 11.3 Å². The number of anilines is 2. The standard InChI is InChI=1S/C23H16Cl2N2O3/c24-14-10-12-15(13-11-14)26-22(28)19-20(17-8-4-5-9-18(17)25)27(30-21(19)23(26)29)16-6-2-1-3-7-16/h1-13,19-21H/t19-,20+,21+/m1/s1. The fourth-order valence-electron chi connectivity index (χ4n) is 4.09. The summed E-state index contributed by atoms with van der Waals surface area (Å²) in [5, 5.41) is 2.67. The van der Waals surface area contributed by atoms with Gasteiger partial charge < -0.3 is 0 Å². The minimum absolute atomic E-state index is 0.323. The molecule has 5 nitrogen and oxygen atoms in total. The van der Waals surface area contributed by atoms with Gasteiger partial charge in [-0.05, 0) is 48.0 Å². The molecule has 2 fully saturated rings. The normalized spacial score (nSPS) is 23.2. The Balaban J connectivity index is 1.60. The van der Waals surface area contributed by atoms with Crippen LogP contribution in [0.1, 0.15) is 11.6 Å². The number of nitrogens with zero attached hydrogens (tertiary/aromatic N) is 2. The Labute approximate surface area is 183 Å². The van der Waals surface area contributed by atoms with Crippen molar-refractivity contribution in [1.29, 1.82) is 0 Å². The molecule has 0 radical (unpaired) electrons. The highest BCUT2D eigenvalue weighted by atomic mass is 35.5. The van der Waals surface area contributed by atoms with Crippen molar-refractivity contribution in [3.05, 3.63) is 94.5 Å². The number of halogens is 2. The highest BCUT2D eigenvalue weighted by Gasteiger charge is 2.60. The third kappa shape index (κ3) is 2.98. The van der Waals surface area contributed by atoms with Crippen LogP contribution in [-0.4, -0.2) is 17.9 Å². The first kappa shape index (κ1) is 19.1. The lowest BCUT2D eigenvalue weighted by atomic mass is 9.90. The van der Waals surface area contributed by atoms with E-state index in [9.17, 15) is 9.59 Å². The summed E-state index contributed by atoms with van der Waals surface area (Å²) in [5.74, 6) is -1.45. The van der Waals surface area contributed by atoms with Crippen LogP contribution in [0.5, 0.6) is 0 Å².